The van der Waals surface area contributed by atoms with Gasteiger partial charge in [-0.25, -0.2) is 0 Å². The molecule has 1 fully saturated rings. The van der Waals surface area contributed by atoms with Crippen molar-refractivity contribution in [3.63, 3.8) is 0 Å². The Labute approximate surface area is 129 Å². The van der Waals surface area contributed by atoms with Crippen LogP contribution in [0.2, 0.25) is 0 Å². The lowest BCUT2D eigenvalue weighted by atomic mass is 10.1. The molecule has 0 aromatic heterocycles. The lowest BCUT2D eigenvalue weighted by Gasteiger charge is -2.34. The first kappa shape index (κ1) is 16.2. The van der Waals surface area contributed by atoms with Gasteiger partial charge >= 0.3 is 5.69 Å². The minimum atomic E-state index is -0.516. The van der Waals surface area contributed by atoms with E-state index in [4.69, 9.17) is 4.74 Å². The van der Waals surface area contributed by atoms with Crippen LogP contribution >= 0.6 is 0 Å². The summed E-state index contributed by atoms with van der Waals surface area (Å²) in [5, 5.41) is 11.2. The molecular weight excluding hydrogens is 286 g/mol. The predicted octanol–water partition coefficient (Wildman–Crippen LogP) is 1.69. The second kappa shape index (κ2) is 6.74. The fraction of sp³-hybridized carbons (Fsp3) is 0.533. The number of piperazine rings is 1. The molecule has 1 aliphatic heterocycles. The summed E-state index contributed by atoms with van der Waals surface area (Å²) >= 11 is 0. The topological polar surface area (TPSA) is 75.9 Å². The van der Waals surface area contributed by atoms with Crippen LogP contribution in [0.4, 0.5) is 5.69 Å². The fourth-order valence-electron chi connectivity index (χ4n) is 2.70. The average molecular weight is 307 g/mol. The molecule has 7 heteroatoms. The van der Waals surface area contributed by atoms with E-state index >= 15 is 0 Å². The Hall–Kier alpha value is -2.15. The zero-order valence-corrected chi connectivity index (χ0v) is 13.2. The third kappa shape index (κ3) is 3.19. The van der Waals surface area contributed by atoms with Gasteiger partial charge < -0.3 is 14.5 Å². The number of benzene rings is 1. The zero-order chi connectivity index (χ0) is 16.3. The number of rotatable bonds is 4. The summed E-state index contributed by atoms with van der Waals surface area (Å²) in [6.07, 6.45) is 0. The number of hydrogen-bond donors (Lipinski definition) is 0. The summed E-state index contributed by atoms with van der Waals surface area (Å²) in [5.74, 6) is -0.169. The number of carbonyl (C=O) groups excluding carboxylic acids is 1. The van der Waals surface area contributed by atoms with Crippen LogP contribution in [0.3, 0.4) is 0 Å². The van der Waals surface area contributed by atoms with E-state index < -0.39 is 4.92 Å². The summed E-state index contributed by atoms with van der Waals surface area (Å²) in [5.41, 5.74) is 0.764. The molecule has 1 aliphatic rings. The van der Waals surface area contributed by atoms with E-state index in [1.165, 1.54) is 13.2 Å². The number of nitrogens with zero attached hydrogens (tertiary/aromatic N) is 3. The SMILES string of the molecule is CCN1CCN(C(=O)c2cc(C)cc([N+](=O)[O-])c2OC)CC1. The zero-order valence-electron chi connectivity index (χ0n) is 13.2. The van der Waals surface area contributed by atoms with Gasteiger partial charge in [-0.1, -0.05) is 6.92 Å². The van der Waals surface area contributed by atoms with Gasteiger partial charge in [0.2, 0.25) is 5.75 Å². The predicted molar refractivity (Wildman–Crippen MR) is 82.4 cm³/mol. The van der Waals surface area contributed by atoms with Crippen molar-refractivity contribution in [1.82, 2.24) is 9.80 Å². The van der Waals surface area contributed by atoms with Gasteiger partial charge in [0.15, 0.2) is 0 Å². The molecule has 1 heterocycles. The maximum Gasteiger partial charge on any atom is 0.312 e. The van der Waals surface area contributed by atoms with Crippen molar-refractivity contribution >= 4 is 11.6 Å². The Morgan fingerprint density at radius 2 is 1.95 bits per heavy atom. The molecule has 7 nitrogen and oxygen atoms in total. The highest BCUT2D eigenvalue weighted by Crippen LogP contribution is 2.33. The molecule has 0 bridgehead atoms. The second-order valence-electron chi connectivity index (χ2n) is 5.35. The molecule has 0 aliphatic carbocycles. The van der Waals surface area contributed by atoms with Crippen LogP contribution in [-0.2, 0) is 0 Å². The van der Waals surface area contributed by atoms with Gasteiger partial charge in [-0.2, -0.15) is 0 Å². The molecule has 1 aromatic rings. The van der Waals surface area contributed by atoms with Gasteiger partial charge in [0, 0.05) is 32.2 Å². The van der Waals surface area contributed by atoms with Crippen molar-refractivity contribution in [3.8, 4) is 5.75 Å². The first-order valence-corrected chi connectivity index (χ1v) is 7.32. The highest BCUT2D eigenvalue weighted by molar-refractivity contribution is 5.98. The number of carbonyl (C=O) groups is 1. The summed E-state index contributed by atoms with van der Waals surface area (Å²) in [6.45, 7) is 7.66. The van der Waals surface area contributed by atoms with Gasteiger partial charge in [-0.3, -0.25) is 14.9 Å². The van der Waals surface area contributed by atoms with E-state index in [9.17, 15) is 14.9 Å². The fourth-order valence-corrected chi connectivity index (χ4v) is 2.70. The molecule has 1 aromatic carbocycles. The Bertz CT molecular complexity index is 580. The molecule has 2 rings (SSSR count). The van der Waals surface area contributed by atoms with Crippen LogP contribution in [0, 0.1) is 17.0 Å². The third-order valence-corrected chi connectivity index (χ3v) is 3.95. The Kier molecular flexibility index (Phi) is 4.97. The molecule has 22 heavy (non-hydrogen) atoms. The van der Waals surface area contributed by atoms with Gasteiger partial charge in [0.25, 0.3) is 5.91 Å². The van der Waals surface area contributed by atoms with Crippen LogP contribution in [0.5, 0.6) is 5.75 Å². The number of likely N-dealkylation sites (N-methyl/N-ethyl adjacent to an activating group) is 1. The third-order valence-electron chi connectivity index (χ3n) is 3.95. The molecule has 1 saturated heterocycles. The number of nitro groups is 1. The maximum atomic E-state index is 12.7. The van der Waals surface area contributed by atoms with E-state index in [1.54, 1.807) is 17.9 Å². The number of aryl methyl sites for hydroxylation is 1. The molecule has 0 saturated carbocycles. The maximum absolute atomic E-state index is 12.7. The quantitative estimate of drug-likeness (QED) is 0.625. The van der Waals surface area contributed by atoms with Gasteiger partial charge in [0.1, 0.15) is 0 Å². The number of hydrogen-bond acceptors (Lipinski definition) is 5. The monoisotopic (exact) mass is 307 g/mol. The molecule has 0 atom stereocenters. The van der Waals surface area contributed by atoms with Gasteiger partial charge in [0.05, 0.1) is 17.6 Å². The van der Waals surface area contributed by atoms with E-state index in [-0.39, 0.29) is 22.9 Å². The number of amides is 1. The minimum Gasteiger partial charge on any atom is -0.490 e. The van der Waals surface area contributed by atoms with E-state index in [1.807, 2.05) is 0 Å². The number of ether oxygens (including phenoxy) is 1. The Morgan fingerprint density at radius 3 is 2.45 bits per heavy atom. The van der Waals surface area contributed by atoms with E-state index in [2.05, 4.69) is 11.8 Å². The largest absolute Gasteiger partial charge is 0.490 e. The van der Waals surface area contributed by atoms with Crippen LogP contribution in [0.1, 0.15) is 22.8 Å². The summed E-state index contributed by atoms with van der Waals surface area (Å²) in [4.78, 5) is 27.3. The van der Waals surface area contributed by atoms with Crippen molar-refractivity contribution in [1.29, 1.82) is 0 Å². The summed E-state index contributed by atoms with van der Waals surface area (Å²) in [7, 11) is 1.35. The number of nitro benzene ring substituents is 1. The standard InChI is InChI=1S/C15H21N3O4/c1-4-16-5-7-17(8-6-16)15(19)12-9-11(2)10-13(18(20)21)14(12)22-3/h9-10H,4-8H2,1-3H3. The van der Waals surface area contributed by atoms with Crippen molar-refractivity contribution < 1.29 is 14.5 Å². The minimum absolute atomic E-state index is 0.0403. The first-order valence-electron chi connectivity index (χ1n) is 7.32. The molecule has 120 valence electrons. The van der Waals surface area contributed by atoms with Crippen molar-refractivity contribution in [2.24, 2.45) is 0 Å². The molecule has 0 unspecified atom stereocenters. The molecule has 0 radical (unpaired) electrons. The normalized spacial score (nSPS) is 15.7. The highest BCUT2D eigenvalue weighted by atomic mass is 16.6. The molecule has 0 N–H and O–H groups in total. The van der Waals surface area contributed by atoms with Gasteiger partial charge in [-0.15, -0.1) is 0 Å². The lowest BCUT2D eigenvalue weighted by molar-refractivity contribution is -0.385. The molecular formula is C15H21N3O4. The van der Waals surface area contributed by atoms with Crippen LogP contribution in [0.15, 0.2) is 12.1 Å². The summed E-state index contributed by atoms with van der Waals surface area (Å²) < 4.78 is 5.15. The van der Waals surface area contributed by atoms with Crippen LogP contribution in [-0.4, -0.2) is 60.5 Å². The van der Waals surface area contributed by atoms with Crippen molar-refractivity contribution in [3.05, 3.63) is 33.4 Å². The van der Waals surface area contributed by atoms with Crippen molar-refractivity contribution in [2.75, 3.05) is 39.8 Å². The molecule has 1 amide bonds. The lowest BCUT2D eigenvalue weighted by Crippen LogP contribution is -2.48. The Morgan fingerprint density at radius 1 is 1.32 bits per heavy atom. The van der Waals surface area contributed by atoms with E-state index in [0.29, 0.717) is 18.7 Å². The van der Waals surface area contributed by atoms with Gasteiger partial charge in [-0.05, 0) is 25.1 Å². The molecule has 0 spiro atoms. The summed E-state index contributed by atoms with van der Waals surface area (Å²) in [6, 6.07) is 3.07. The average Bonchev–Trinajstić information content (AvgIpc) is 2.53. The van der Waals surface area contributed by atoms with Crippen LogP contribution in [0.25, 0.3) is 0 Å². The van der Waals surface area contributed by atoms with E-state index in [0.717, 1.165) is 19.6 Å². The van der Waals surface area contributed by atoms with Crippen LogP contribution < -0.4 is 4.74 Å². The first-order chi connectivity index (χ1) is 10.5. The smallest absolute Gasteiger partial charge is 0.312 e. The highest BCUT2D eigenvalue weighted by Gasteiger charge is 2.28. The Balaban J connectivity index is 2.31. The second-order valence-corrected chi connectivity index (χ2v) is 5.35. The number of methoxy groups -OCH3 is 1. The van der Waals surface area contributed by atoms with Crippen molar-refractivity contribution in [2.45, 2.75) is 13.8 Å².